The fourth-order valence-corrected chi connectivity index (χ4v) is 5.12. The number of benzene rings is 1. The molecule has 2 aliphatic heterocycles. The number of rotatable bonds is 9. The van der Waals surface area contributed by atoms with Gasteiger partial charge in [-0.05, 0) is 49.2 Å². The van der Waals surface area contributed by atoms with E-state index in [0.717, 1.165) is 12.0 Å². The van der Waals surface area contributed by atoms with Crippen molar-refractivity contribution in [2.45, 2.75) is 19.9 Å². The number of nitrogens with one attached hydrogen (secondary N) is 1. The standard InChI is InChI=1S/C25H24N4O5S2/c1-2-32-11-5-9-26-22-17(23(30)28-10-4-3-6-21(28)27-22)13-20-24(31)29(25(35)36-20)14-16-7-8-18-19(12-16)34-15-33-18/h3-4,6-8,10,12-13,26H,2,5,9,11,14-15H2,1H3/b20-13+. The lowest BCUT2D eigenvalue weighted by Gasteiger charge is -2.15. The predicted octanol–water partition coefficient (Wildman–Crippen LogP) is 3.66. The van der Waals surface area contributed by atoms with E-state index in [9.17, 15) is 9.59 Å². The average Bonchev–Trinajstić information content (AvgIpc) is 3.45. The first kappa shape index (κ1) is 24.3. The Balaban J connectivity index is 1.42. The van der Waals surface area contributed by atoms with Gasteiger partial charge in [-0.3, -0.25) is 18.9 Å². The lowest BCUT2D eigenvalue weighted by Crippen LogP contribution is -2.27. The van der Waals surface area contributed by atoms with Crippen molar-refractivity contribution in [3.63, 3.8) is 0 Å². The molecule has 36 heavy (non-hydrogen) atoms. The van der Waals surface area contributed by atoms with Crippen molar-refractivity contribution in [1.82, 2.24) is 14.3 Å². The van der Waals surface area contributed by atoms with Crippen LogP contribution in [-0.4, -0.2) is 51.1 Å². The maximum absolute atomic E-state index is 13.4. The fraction of sp³-hybridized carbons (Fsp3) is 0.280. The van der Waals surface area contributed by atoms with E-state index < -0.39 is 0 Å². The lowest BCUT2D eigenvalue weighted by atomic mass is 10.2. The number of thiocarbonyl (C=S) groups is 1. The summed E-state index contributed by atoms with van der Waals surface area (Å²) >= 11 is 6.67. The molecule has 0 radical (unpaired) electrons. The van der Waals surface area contributed by atoms with Crippen LogP contribution in [0, 0.1) is 0 Å². The molecule has 186 valence electrons. The number of fused-ring (bicyclic) bond motifs is 2. The van der Waals surface area contributed by atoms with Crippen molar-refractivity contribution < 1.29 is 19.0 Å². The number of hydrogen-bond donors (Lipinski definition) is 1. The van der Waals surface area contributed by atoms with E-state index in [1.54, 1.807) is 24.4 Å². The summed E-state index contributed by atoms with van der Waals surface area (Å²) in [7, 11) is 0. The number of amides is 1. The second-order valence-corrected chi connectivity index (χ2v) is 9.72. The number of pyridine rings is 1. The molecule has 3 aromatic rings. The first-order chi connectivity index (χ1) is 17.5. The summed E-state index contributed by atoms with van der Waals surface area (Å²) in [6.45, 7) is 4.23. The molecule has 4 heterocycles. The van der Waals surface area contributed by atoms with Crippen LogP contribution in [0.15, 0.2) is 52.3 Å². The molecule has 11 heteroatoms. The van der Waals surface area contributed by atoms with Gasteiger partial charge in [0.15, 0.2) is 11.5 Å². The summed E-state index contributed by atoms with van der Waals surface area (Å²) in [5.41, 5.74) is 1.41. The van der Waals surface area contributed by atoms with E-state index in [1.807, 2.05) is 31.2 Å². The summed E-state index contributed by atoms with van der Waals surface area (Å²) in [4.78, 5) is 33.2. The summed E-state index contributed by atoms with van der Waals surface area (Å²) < 4.78 is 18.1. The zero-order valence-corrected chi connectivity index (χ0v) is 21.2. The Morgan fingerprint density at radius 3 is 2.94 bits per heavy atom. The zero-order chi connectivity index (χ0) is 25.1. The van der Waals surface area contributed by atoms with E-state index in [2.05, 4.69) is 10.3 Å². The zero-order valence-electron chi connectivity index (χ0n) is 19.6. The van der Waals surface area contributed by atoms with Crippen molar-refractivity contribution in [3.8, 4) is 11.5 Å². The van der Waals surface area contributed by atoms with Crippen LogP contribution in [0.2, 0.25) is 0 Å². The second kappa shape index (κ2) is 10.7. The Labute approximate surface area is 217 Å². The van der Waals surface area contributed by atoms with Crippen LogP contribution in [0.25, 0.3) is 11.7 Å². The van der Waals surface area contributed by atoms with Crippen molar-refractivity contribution in [3.05, 3.63) is 69.0 Å². The molecule has 1 N–H and O–H groups in total. The number of carbonyl (C=O) groups is 1. The molecule has 1 amide bonds. The van der Waals surface area contributed by atoms with E-state index in [0.29, 0.717) is 57.5 Å². The summed E-state index contributed by atoms with van der Waals surface area (Å²) in [5.74, 6) is 1.48. The molecule has 0 bridgehead atoms. The van der Waals surface area contributed by atoms with Gasteiger partial charge in [0.05, 0.1) is 17.0 Å². The highest BCUT2D eigenvalue weighted by molar-refractivity contribution is 8.26. The molecule has 1 fully saturated rings. The Kier molecular flexibility index (Phi) is 7.21. The third-order valence-corrected chi connectivity index (χ3v) is 7.04. The van der Waals surface area contributed by atoms with Gasteiger partial charge in [0, 0.05) is 26.0 Å². The number of thioether (sulfide) groups is 1. The number of carbonyl (C=O) groups excluding carboxylic acids is 1. The monoisotopic (exact) mass is 524 g/mol. The van der Waals surface area contributed by atoms with Crippen molar-refractivity contribution in [2.75, 3.05) is 31.9 Å². The van der Waals surface area contributed by atoms with Crippen molar-refractivity contribution in [1.29, 1.82) is 0 Å². The molecule has 1 aromatic carbocycles. The Hall–Kier alpha value is -3.41. The molecule has 9 nitrogen and oxygen atoms in total. The summed E-state index contributed by atoms with van der Waals surface area (Å²) in [6, 6.07) is 10.9. The molecular formula is C25H24N4O5S2. The van der Waals surface area contributed by atoms with E-state index in [1.165, 1.54) is 21.1 Å². The molecule has 0 atom stereocenters. The van der Waals surface area contributed by atoms with Gasteiger partial charge in [0.2, 0.25) is 6.79 Å². The van der Waals surface area contributed by atoms with Crippen molar-refractivity contribution >= 4 is 51.7 Å². The van der Waals surface area contributed by atoms with Gasteiger partial charge < -0.3 is 19.5 Å². The van der Waals surface area contributed by atoms with Gasteiger partial charge in [0.25, 0.3) is 11.5 Å². The number of anilines is 1. The van der Waals surface area contributed by atoms with E-state index in [4.69, 9.17) is 26.4 Å². The van der Waals surface area contributed by atoms with Gasteiger partial charge >= 0.3 is 0 Å². The average molecular weight is 525 g/mol. The van der Waals surface area contributed by atoms with Gasteiger partial charge in [0.1, 0.15) is 15.8 Å². The van der Waals surface area contributed by atoms with E-state index in [-0.39, 0.29) is 24.8 Å². The molecular weight excluding hydrogens is 500 g/mol. The maximum atomic E-state index is 13.4. The fourth-order valence-electron chi connectivity index (χ4n) is 3.88. The molecule has 1 saturated heterocycles. The van der Waals surface area contributed by atoms with Gasteiger partial charge in [-0.25, -0.2) is 4.98 Å². The minimum absolute atomic E-state index is 0.180. The highest BCUT2D eigenvalue weighted by Gasteiger charge is 2.33. The smallest absolute Gasteiger partial charge is 0.267 e. The number of ether oxygens (including phenoxy) is 3. The molecule has 0 aliphatic carbocycles. The summed E-state index contributed by atoms with van der Waals surface area (Å²) in [6.07, 6.45) is 3.99. The Bertz CT molecular complexity index is 1420. The lowest BCUT2D eigenvalue weighted by molar-refractivity contribution is -0.122. The quantitative estimate of drug-likeness (QED) is 0.256. The molecule has 0 spiro atoms. The number of hydrogen-bond acceptors (Lipinski definition) is 9. The minimum atomic E-state index is -0.269. The van der Waals surface area contributed by atoms with Gasteiger partial charge in [-0.1, -0.05) is 36.1 Å². The first-order valence-corrected chi connectivity index (χ1v) is 12.7. The Morgan fingerprint density at radius 2 is 2.08 bits per heavy atom. The van der Waals surface area contributed by atoms with Crippen LogP contribution in [0.3, 0.4) is 0 Å². The van der Waals surface area contributed by atoms with Gasteiger partial charge in [-0.2, -0.15) is 0 Å². The number of nitrogens with zero attached hydrogens (tertiary/aromatic N) is 3. The third kappa shape index (κ3) is 4.95. The predicted molar refractivity (Wildman–Crippen MR) is 142 cm³/mol. The first-order valence-electron chi connectivity index (χ1n) is 11.5. The molecule has 0 unspecified atom stereocenters. The maximum Gasteiger partial charge on any atom is 0.267 e. The summed E-state index contributed by atoms with van der Waals surface area (Å²) in [5, 5.41) is 3.24. The van der Waals surface area contributed by atoms with Crippen LogP contribution >= 0.6 is 24.0 Å². The Morgan fingerprint density at radius 1 is 1.22 bits per heavy atom. The number of aromatic nitrogens is 2. The largest absolute Gasteiger partial charge is 0.454 e. The third-order valence-electron chi connectivity index (χ3n) is 5.66. The van der Waals surface area contributed by atoms with Crippen LogP contribution in [0.1, 0.15) is 24.5 Å². The molecule has 2 aliphatic rings. The SMILES string of the molecule is CCOCCCNc1nc2ccccn2c(=O)c1/C=C1/SC(=S)N(Cc2ccc3c(c2)OCO3)C1=O. The van der Waals surface area contributed by atoms with Crippen LogP contribution in [-0.2, 0) is 16.1 Å². The highest BCUT2D eigenvalue weighted by atomic mass is 32.2. The highest BCUT2D eigenvalue weighted by Crippen LogP contribution is 2.36. The van der Waals surface area contributed by atoms with Crippen molar-refractivity contribution in [2.24, 2.45) is 0 Å². The van der Waals surface area contributed by atoms with Crippen LogP contribution in [0.5, 0.6) is 11.5 Å². The normalized spacial score (nSPS) is 15.9. The second-order valence-electron chi connectivity index (χ2n) is 8.04. The minimum Gasteiger partial charge on any atom is -0.454 e. The molecule has 5 rings (SSSR count). The van der Waals surface area contributed by atoms with Gasteiger partial charge in [-0.15, -0.1) is 0 Å². The molecule has 0 saturated carbocycles. The van der Waals surface area contributed by atoms with Crippen LogP contribution < -0.4 is 20.3 Å². The van der Waals surface area contributed by atoms with E-state index >= 15 is 0 Å². The molecule has 2 aromatic heterocycles. The topological polar surface area (TPSA) is 94.4 Å². The van der Waals surface area contributed by atoms with Crippen LogP contribution in [0.4, 0.5) is 5.82 Å².